The Kier molecular flexibility index (Phi) is 4.19. The molecule has 2 heterocycles. The predicted octanol–water partition coefficient (Wildman–Crippen LogP) is 2.36. The summed E-state index contributed by atoms with van der Waals surface area (Å²) in [6.45, 7) is 1.69. The summed E-state index contributed by atoms with van der Waals surface area (Å²) in [4.78, 5) is 28.2. The quantitative estimate of drug-likeness (QED) is 0.942. The first kappa shape index (κ1) is 15.0. The molecule has 5 heteroatoms. The maximum Gasteiger partial charge on any atom is 0.255 e. The van der Waals surface area contributed by atoms with Crippen LogP contribution in [0.1, 0.15) is 18.1 Å². The average Bonchev–Trinajstić information content (AvgIpc) is 2.91. The summed E-state index contributed by atoms with van der Waals surface area (Å²) in [5.41, 5.74) is 4.03. The summed E-state index contributed by atoms with van der Waals surface area (Å²) >= 11 is 0. The van der Waals surface area contributed by atoms with Gasteiger partial charge in [0.2, 0.25) is 5.91 Å². The van der Waals surface area contributed by atoms with E-state index in [0.29, 0.717) is 6.54 Å². The zero-order chi connectivity index (χ0) is 16.2. The van der Waals surface area contributed by atoms with Crippen molar-refractivity contribution in [2.75, 3.05) is 11.9 Å². The van der Waals surface area contributed by atoms with E-state index >= 15 is 0 Å². The van der Waals surface area contributed by atoms with Gasteiger partial charge in [-0.2, -0.15) is 0 Å². The van der Waals surface area contributed by atoms with Gasteiger partial charge in [0.25, 0.3) is 5.91 Å². The van der Waals surface area contributed by atoms with Gasteiger partial charge in [-0.25, -0.2) is 0 Å². The number of carbonyl (C=O) groups is 2. The molecule has 2 amide bonds. The average molecular weight is 307 g/mol. The molecule has 1 aromatic heterocycles. The molecule has 0 saturated heterocycles. The summed E-state index contributed by atoms with van der Waals surface area (Å²) in [5.74, 6) is -0.509. The Morgan fingerprint density at radius 3 is 2.39 bits per heavy atom. The summed E-state index contributed by atoms with van der Waals surface area (Å²) in [5, 5.41) is 3.18. The van der Waals surface area contributed by atoms with E-state index in [1.165, 1.54) is 29.0 Å². The van der Waals surface area contributed by atoms with Gasteiger partial charge in [0.1, 0.15) is 0 Å². The van der Waals surface area contributed by atoms with Gasteiger partial charge in [-0.3, -0.25) is 19.5 Å². The van der Waals surface area contributed by atoms with Gasteiger partial charge in [-0.05, 0) is 41.8 Å². The number of nitrogens with zero attached hydrogens (tertiary/aromatic N) is 2. The molecule has 0 bridgehead atoms. The summed E-state index contributed by atoms with van der Waals surface area (Å²) < 4.78 is 0. The van der Waals surface area contributed by atoms with Crippen molar-refractivity contribution >= 4 is 17.5 Å². The molecular formula is C18H17N3O2. The molecule has 1 aliphatic heterocycles. The largest absolute Gasteiger partial charge is 0.357 e. The standard InChI is InChI=1S/C18H17N3O2/c1-13(22)21-12-17(11-18(21)23)20-16-4-2-14(3-5-16)10-15-6-8-19-9-7-15/h2-9,11,20H,10,12H2,1H3. The molecule has 23 heavy (non-hydrogen) atoms. The Labute approximate surface area is 134 Å². The van der Waals surface area contributed by atoms with Crippen LogP contribution in [0.15, 0.2) is 60.6 Å². The lowest BCUT2D eigenvalue weighted by molar-refractivity contribution is -0.138. The van der Waals surface area contributed by atoms with E-state index < -0.39 is 0 Å². The van der Waals surface area contributed by atoms with Crippen molar-refractivity contribution in [3.8, 4) is 0 Å². The third-order valence-electron chi connectivity index (χ3n) is 3.69. The molecule has 116 valence electrons. The molecule has 0 fully saturated rings. The lowest BCUT2D eigenvalue weighted by Crippen LogP contribution is -2.31. The number of imide groups is 1. The highest BCUT2D eigenvalue weighted by Crippen LogP contribution is 2.18. The Morgan fingerprint density at radius 2 is 1.78 bits per heavy atom. The van der Waals surface area contributed by atoms with E-state index in [1.54, 1.807) is 12.4 Å². The number of nitrogens with one attached hydrogen (secondary N) is 1. The molecule has 1 aliphatic rings. The van der Waals surface area contributed by atoms with E-state index in [9.17, 15) is 9.59 Å². The first-order valence-electron chi connectivity index (χ1n) is 7.39. The topological polar surface area (TPSA) is 62.3 Å². The van der Waals surface area contributed by atoms with Crippen molar-refractivity contribution in [3.63, 3.8) is 0 Å². The second-order valence-corrected chi connectivity index (χ2v) is 5.47. The van der Waals surface area contributed by atoms with Crippen LogP contribution in [0.4, 0.5) is 5.69 Å². The Balaban J connectivity index is 1.63. The fourth-order valence-electron chi connectivity index (χ4n) is 2.49. The number of benzene rings is 1. The van der Waals surface area contributed by atoms with Crippen LogP contribution in [-0.4, -0.2) is 28.2 Å². The zero-order valence-corrected chi connectivity index (χ0v) is 12.8. The van der Waals surface area contributed by atoms with E-state index in [-0.39, 0.29) is 11.8 Å². The molecular weight excluding hydrogens is 290 g/mol. The highest BCUT2D eigenvalue weighted by atomic mass is 16.2. The van der Waals surface area contributed by atoms with Gasteiger partial charge in [0, 0.05) is 36.8 Å². The molecule has 0 unspecified atom stereocenters. The van der Waals surface area contributed by atoms with Crippen molar-refractivity contribution < 1.29 is 9.59 Å². The second kappa shape index (κ2) is 6.44. The van der Waals surface area contributed by atoms with Crippen LogP contribution in [0.3, 0.4) is 0 Å². The van der Waals surface area contributed by atoms with Crippen LogP contribution in [0.5, 0.6) is 0 Å². The number of carbonyl (C=O) groups excluding carboxylic acids is 2. The normalized spacial score (nSPS) is 13.9. The number of aromatic nitrogens is 1. The first-order chi connectivity index (χ1) is 11.1. The maximum atomic E-state index is 11.7. The van der Waals surface area contributed by atoms with E-state index in [0.717, 1.165) is 17.8 Å². The summed E-state index contributed by atoms with van der Waals surface area (Å²) in [7, 11) is 0. The number of amides is 2. The van der Waals surface area contributed by atoms with E-state index in [1.807, 2.05) is 36.4 Å². The number of hydrogen-bond acceptors (Lipinski definition) is 4. The van der Waals surface area contributed by atoms with E-state index in [2.05, 4.69) is 10.3 Å². The number of anilines is 1. The third-order valence-corrected chi connectivity index (χ3v) is 3.69. The number of pyridine rings is 1. The van der Waals surface area contributed by atoms with Gasteiger partial charge in [0.15, 0.2) is 0 Å². The molecule has 3 rings (SSSR count). The van der Waals surface area contributed by atoms with Gasteiger partial charge in [-0.1, -0.05) is 12.1 Å². The highest BCUT2D eigenvalue weighted by molar-refractivity contribution is 6.03. The number of hydrogen-bond donors (Lipinski definition) is 1. The highest BCUT2D eigenvalue weighted by Gasteiger charge is 2.24. The van der Waals surface area contributed by atoms with Crippen LogP contribution in [0.25, 0.3) is 0 Å². The van der Waals surface area contributed by atoms with Gasteiger partial charge in [0.05, 0.1) is 6.54 Å². The van der Waals surface area contributed by atoms with Crippen LogP contribution in [-0.2, 0) is 16.0 Å². The first-order valence-corrected chi connectivity index (χ1v) is 7.39. The molecule has 0 spiro atoms. The van der Waals surface area contributed by atoms with Crippen LogP contribution >= 0.6 is 0 Å². The van der Waals surface area contributed by atoms with Gasteiger partial charge < -0.3 is 5.32 Å². The smallest absolute Gasteiger partial charge is 0.255 e. The SMILES string of the molecule is CC(=O)N1CC(Nc2ccc(Cc3ccncc3)cc2)=CC1=O. The monoisotopic (exact) mass is 307 g/mol. The molecule has 5 nitrogen and oxygen atoms in total. The minimum absolute atomic E-state index is 0.240. The van der Waals surface area contributed by atoms with Crippen molar-refractivity contribution in [1.82, 2.24) is 9.88 Å². The van der Waals surface area contributed by atoms with Crippen molar-refractivity contribution in [1.29, 1.82) is 0 Å². The van der Waals surface area contributed by atoms with Gasteiger partial charge >= 0.3 is 0 Å². The van der Waals surface area contributed by atoms with Crippen molar-refractivity contribution in [2.45, 2.75) is 13.3 Å². The molecule has 0 atom stereocenters. The zero-order valence-electron chi connectivity index (χ0n) is 12.8. The third kappa shape index (κ3) is 3.63. The molecule has 1 aromatic carbocycles. The molecule has 2 aromatic rings. The van der Waals surface area contributed by atoms with E-state index in [4.69, 9.17) is 0 Å². The lowest BCUT2D eigenvalue weighted by atomic mass is 10.1. The maximum absolute atomic E-state index is 11.7. The summed E-state index contributed by atoms with van der Waals surface area (Å²) in [6, 6.07) is 12.0. The minimum Gasteiger partial charge on any atom is -0.357 e. The second-order valence-electron chi connectivity index (χ2n) is 5.47. The fraction of sp³-hybridized carbons (Fsp3) is 0.167. The lowest BCUT2D eigenvalue weighted by Gasteiger charge is -2.12. The molecule has 0 radical (unpaired) electrons. The molecule has 1 N–H and O–H groups in total. The fourth-order valence-corrected chi connectivity index (χ4v) is 2.49. The van der Waals surface area contributed by atoms with Crippen LogP contribution < -0.4 is 5.32 Å². The Hall–Kier alpha value is -2.95. The summed E-state index contributed by atoms with van der Waals surface area (Å²) in [6.07, 6.45) is 5.89. The Bertz CT molecular complexity index is 752. The van der Waals surface area contributed by atoms with Crippen LogP contribution in [0, 0.1) is 0 Å². The van der Waals surface area contributed by atoms with Crippen LogP contribution in [0.2, 0.25) is 0 Å². The van der Waals surface area contributed by atoms with Crippen molar-refractivity contribution in [2.24, 2.45) is 0 Å². The Morgan fingerprint density at radius 1 is 1.13 bits per heavy atom. The van der Waals surface area contributed by atoms with Gasteiger partial charge in [-0.15, -0.1) is 0 Å². The predicted molar refractivity (Wildman–Crippen MR) is 87.6 cm³/mol. The molecule has 0 saturated carbocycles. The molecule has 0 aliphatic carbocycles. The van der Waals surface area contributed by atoms with Crippen molar-refractivity contribution in [3.05, 3.63) is 71.7 Å². The number of rotatable bonds is 4. The minimum atomic E-state index is -0.269.